The molecule has 0 saturated carbocycles. The summed E-state index contributed by atoms with van der Waals surface area (Å²) in [7, 11) is 0. The predicted molar refractivity (Wildman–Crippen MR) is 94.6 cm³/mol. The lowest BCUT2D eigenvalue weighted by Crippen LogP contribution is -2.35. The first-order chi connectivity index (χ1) is 12.8. The van der Waals surface area contributed by atoms with Crippen LogP contribution in [-0.2, 0) is 11.3 Å². The van der Waals surface area contributed by atoms with Crippen molar-refractivity contribution in [2.45, 2.75) is 6.54 Å². The van der Waals surface area contributed by atoms with E-state index in [2.05, 4.69) is 25.4 Å². The van der Waals surface area contributed by atoms with E-state index >= 15 is 0 Å². The summed E-state index contributed by atoms with van der Waals surface area (Å²) in [5.41, 5.74) is 1.93. The van der Waals surface area contributed by atoms with Crippen LogP contribution in [0.1, 0.15) is 16.1 Å². The van der Waals surface area contributed by atoms with Crippen molar-refractivity contribution in [2.24, 2.45) is 0 Å². The Balaban J connectivity index is 1.44. The fourth-order valence-electron chi connectivity index (χ4n) is 2.85. The van der Waals surface area contributed by atoms with Crippen molar-refractivity contribution in [3.8, 4) is 11.3 Å². The Bertz CT molecular complexity index is 868. The summed E-state index contributed by atoms with van der Waals surface area (Å²) in [6.07, 6.45) is 4.81. The summed E-state index contributed by atoms with van der Waals surface area (Å²) in [4.78, 5) is 19.0. The molecule has 4 rings (SSSR count). The number of furan rings is 1. The smallest absolute Gasteiger partial charge is 0.260 e. The van der Waals surface area contributed by atoms with Gasteiger partial charge < -0.3 is 14.5 Å². The molecule has 8 heteroatoms. The average Bonchev–Trinajstić information content (AvgIpc) is 3.33. The Hall–Kier alpha value is -2.97. The number of aromatic amines is 1. The number of H-pyrrole nitrogens is 1. The van der Waals surface area contributed by atoms with Crippen molar-refractivity contribution in [1.82, 2.24) is 20.1 Å². The van der Waals surface area contributed by atoms with Crippen LogP contribution in [0.25, 0.3) is 11.3 Å². The number of carbonyl (C=O) groups excluding carboxylic acids is 1. The van der Waals surface area contributed by atoms with Gasteiger partial charge in [-0.25, -0.2) is 0 Å². The fraction of sp³-hybridized carbons (Fsp3) is 0.278. The number of rotatable bonds is 5. The van der Waals surface area contributed by atoms with E-state index in [-0.39, 0.29) is 5.91 Å². The van der Waals surface area contributed by atoms with Crippen LogP contribution in [0, 0.1) is 0 Å². The standard InChI is InChI=1S/C18H19N5O3/c24-18(13-9-14(26-12-13)11-23-5-7-25-8-6-23)21-17-15(10-20-22-17)16-3-1-2-4-19-16/h1-4,9-10,12H,5-8,11H2,(H2,20,21,22,24). The molecule has 4 heterocycles. The molecule has 3 aromatic heterocycles. The molecule has 2 N–H and O–H groups in total. The Kier molecular flexibility index (Phi) is 4.76. The third kappa shape index (κ3) is 3.66. The molecule has 0 spiro atoms. The van der Waals surface area contributed by atoms with Gasteiger partial charge in [0.2, 0.25) is 0 Å². The molecule has 0 bridgehead atoms. The highest BCUT2D eigenvalue weighted by Crippen LogP contribution is 2.24. The summed E-state index contributed by atoms with van der Waals surface area (Å²) in [6, 6.07) is 7.35. The molecule has 1 aliphatic rings. The van der Waals surface area contributed by atoms with E-state index < -0.39 is 0 Å². The largest absolute Gasteiger partial charge is 0.467 e. The van der Waals surface area contributed by atoms with Crippen LogP contribution in [0.15, 0.2) is 47.3 Å². The number of anilines is 1. The summed E-state index contributed by atoms with van der Waals surface area (Å²) in [6.45, 7) is 3.85. The molecule has 0 atom stereocenters. The molecular weight excluding hydrogens is 334 g/mol. The number of carbonyl (C=O) groups is 1. The first-order valence-corrected chi connectivity index (χ1v) is 8.43. The zero-order chi connectivity index (χ0) is 17.8. The third-order valence-corrected chi connectivity index (χ3v) is 4.22. The third-order valence-electron chi connectivity index (χ3n) is 4.22. The van der Waals surface area contributed by atoms with Crippen LogP contribution in [0.4, 0.5) is 5.82 Å². The second-order valence-electron chi connectivity index (χ2n) is 6.02. The molecule has 1 fully saturated rings. The van der Waals surface area contributed by atoms with Crippen molar-refractivity contribution in [2.75, 3.05) is 31.6 Å². The van der Waals surface area contributed by atoms with E-state index in [1.807, 2.05) is 18.2 Å². The van der Waals surface area contributed by atoms with E-state index in [4.69, 9.17) is 9.15 Å². The monoisotopic (exact) mass is 353 g/mol. The van der Waals surface area contributed by atoms with Gasteiger partial charge in [0.1, 0.15) is 17.8 Å². The zero-order valence-corrected chi connectivity index (χ0v) is 14.1. The summed E-state index contributed by atoms with van der Waals surface area (Å²) in [5, 5.41) is 9.64. The van der Waals surface area contributed by atoms with Crippen LogP contribution in [0.3, 0.4) is 0 Å². The van der Waals surface area contributed by atoms with Gasteiger partial charge in [-0.3, -0.25) is 19.8 Å². The lowest BCUT2D eigenvalue weighted by molar-refractivity contribution is 0.0313. The highest BCUT2D eigenvalue weighted by atomic mass is 16.5. The number of nitrogens with one attached hydrogen (secondary N) is 2. The number of amides is 1. The van der Waals surface area contributed by atoms with Crippen LogP contribution in [-0.4, -0.2) is 52.3 Å². The summed E-state index contributed by atoms with van der Waals surface area (Å²) in [5.74, 6) is 1.000. The molecular formula is C18H19N5O3. The lowest BCUT2D eigenvalue weighted by Gasteiger charge is -2.25. The summed E-state index contributed by atoms with van der Waals surface area (Å²) < 4.78 is 10.9. The maximum absolute atomic E-state index is 12.5. The maximum atomic E-state index is 12.5. The van der Waals surface area contributed by atoms with Crippen molar-refractivity contribution in [3.63, 3.8) is 0 Å². The first kappa shape index (κ1) is 16.5. The van der Waals surface area contributed by atoms with Gasteiger partial charge >= 0.3 is 0 Å². The number of pyridine rings is 1. The summed E-state index contributed by atoms with van der Waals surface area (Å²) >= 11 is 0. The number of aromatic nitrogens is 3. The second kappa shape index (κ2) is 7.51. The molecule has 0 unspecified atom stereocenters. The van der Waals surface area contributed by atoms with E-state index in [0.717, 1.165) is 43.3 Å². The highest BCUT2D eigenvalue weighted by Gasteiger charge is 2.17. The highest BCUT2D eigenvalue weighted by molar-refractivity contribution is 6.05. The minimum Gasteiger partial charge on any atom is -0.467 e. The number of morpholine rings is 1. The minimum absolute atomic E-state index is 0.261. The number of nitrogens with zero attached hydrogens (tertiary/aromatic N) is 3. The Morgan fingerprint density at radius 3 is 3.00 bits per heavy atom. The maximum Gasteiger partial charge on any atom is 0.260 e. The van der Waals surface area contributed by atoms with Gasteiger partial charge in [-0.2, -0.15) is 5.10 Å². The Morgan fingerprint density at radius 1 is 1.31 bits per heavy atom. The molecule has 8 nitrogen and oxygen atoms in total. The first-order valence-electron chi connectivity index (χ1n) is 8.43. The van der Waals surface area contributed by atoms with Crippen LogP contribution < -0.4 is 5.32 Å². The molecule has 26 heavy (non-hydrogen) atoms. The normalized spacial score (nSPS) is 15.1. The van der Waals surface area contributed by atoms with Crippen molar-refractivity contribution in [1.29, 1.82) is 0 Å². The lowest BCUT2D eigenvalue weighted by atomic mass is 10.2. The Labute approximate surface area is 150 Å². The van der Waals surface area contributed by atoms with Crippen molar-refractivity contribution < 1.29 is 13.9 Å². The van der Waals surface area contributed by atoms with Crippen molar-refractivity contribution >= 4 is 11.7 Å². The quantitative estimate of drug-likeness (QED) is 0.730. The van der Waals surface area contributed by atoms with Gasteiger partial charge in [0.25, 0.3) is 5.91 Å². The Morgan fingerprint density at radius 2 is 2.19 bits per heavy atom. The zero-order valence-electron chi connectivity index (χ0n) is 14.1. The van der Waals surface area contributed by atoms with Crippen LogP contribution >= 0.6 is 0 Å². The fourth-order valence-corrected chi connectivity index (χ4v) is 2.85. The second-order valence-corrected chi connectivity index (χ2v) is 6.02. The molecule has 0 aromatic carbocycles. The van der Waals surface area contributed by atoms with E-state index in [9.17, 15) is 4.79 Å². The molecule has 0 aliphatic carbocycles. The van der Waals surface area contributed by atoms with Gasteiger partial charge in [-0.15, -0.1) is 0 Å². The molecule has 3 aromatic rings. The van der Waals surface area contributed by atoms with Gasteiger partial charge in [0.05, 0.1) is 42.8 Å². The van der Waals surface area contributed by atoms with Gasteiger partial charge in [-0.05, 0) is 18.2 Å². The molecule has 1 saturated heterocycles. The van der Waals surface area contributed by atoms with Crippen LogP contribution in [0.5, 0.6) is 0 Å². The van der Waals surface area contributed by atoms with Crippen LogP contribution in [0.2, 0.25) is 0 Å². The predicted octanol–water partition coefficient (Wildman–Crippen LogP) is 2.15. The van der Waals surface area contributed by atoms with Gasteiger partial charge in [-0.1, -0.05) is 6.07 Å². The van der Waals surface area contributed by atoms with E-state index in [1.165, 1.54) is 6.26 Å². The van der Waals surface area contributed by atoms with E-state index in [1.54, 1.807) is 18.5 Å². The molecule has 1 amide bonds. The minimum atomic E-state index is -0.261. The van der Waals surface area contributed by atoms with Crippen molar-refractivity contribution in [3.05, 3.63) is 54.2 Å². The number of hydrogen-bond donors (Lipinski definition) is 2. The molecule has 1 aliphatic heterocycles. The average molecular weight is 353 g/mol. The number of ether oxygens (including phenoxy) is 1. The van der Waals surface area contributed by atoms with Gasteiger partial charge in [0.15, 0.2) is 0 Å². The molecule has 134 valence electrons. The molecule has 0 radical (unpaired) electrons. The van der Waals surface area contributed by atoms with Gasteiger partial charge in [0, 0.05) is 19.3 Å². The SMILES string of the molecule is O=C(Nc1[nH]ncc1-c1ccccn1)c1coc(CN2CCOCC2)c1. The van der Waals surface area contributed by atoms with E-state index in [0.29, 0.717) is 17.9 Å². The topological polar surface area (TPSA) is 96.3 Å². The number of hydrogen-bond acceptors (Lipinski definition) is 6.